The first kappa shape index (κ1) is 90.3. The van der Waals surface area contributed by atoms with Gasteiger partial charge in [0.15, 0.2) is 0 Å². The molecular formula is C114H202. The molecule has 0 amide bonds. The predicted molar refractivity (Wildman–Crippen MR) is 496 cm³/mol. The van der Waals surface area contributed by atoms with Crippen LogP contribution in [0, 0.1) is 229 Å². The van der Waals surface area contributed by atoms with Crippen molar-refractivity contribution in [2.24, 2.45) is 229 Å². The van der Waals surface area contributed by atoms with Crippen LogP contribution in [0.1, 0.15) is 490 Å². The molecular weight excluding hydrogens is 1370 g/mol. The predicted octanol–water partition coefficient (Wildman–Crippen LogP) is 35.7. The smallest absolute Gasteiger partial charge is 0.0318 e. The van der Waals surface area contributed by atoms with Crippen molar-refractivity contribution in [2.75, 3.05) is 0 Å². The fraction of sp³-hybridized carbons (Fsp3) is 1.00. The van der Waals surface area contributed by atoms with Gasteiger partial charge in [0.2, 0.25) is 0 Å². The third-order valence-electron chi connectivity index (χ3n) is 42.3. The summed E-state index contributed by atoms with van der Waals surface area (Å²) in [7, 11) is 0. The fourth-order valence-corrected chi connectivity index (χ4v) is 33.4. The van der Waals surface area contributed by atoms with Gasteiger partial charge in [-0.05, 0) is 480 Å². The second-order valence-corrected chi connectivity index (χ2v) is 52.8. The molecule has 37 rings (SSSR count). The Morgan fingerprint density at radius 1 is 0.149 bits per heavy atom. The second kappa shape index (κ2) is 41.4. The first-order valence-electron chi connectivity index (χ1n) is 54.7. The molecule has 0 saturated heterocycles. The summed E-state index contributed by atoms with van der Waals surface area (Å²) >= 11 is 0. The van der Waals surface area contributed by atoms with Crippen LogP contribution in [-0.2, 0) is 0 Å². The number of fused-ring (bicyclic) bond motifs is 15. The minimum atomic E-state index is 0.800. The van der Waals surface area contributed by atoms with Gasteiger partial charge in [-0.2, -0.15) is 0 Å². The van der Waals surface area contributed by atoms with Crippen molar-refractivity contribution in [1.29, 1.82) is 0 Å². The lowest BCUT2D eigenvalue weighted by Crippen LogP contribution is -2.44. The van der Waals surface area contributed by atoms with Crippen LogP contribution in [0.5, 0.6) is 0 Å². The number of hydrogen-bond acceptors (Lipinski definition) is 0. The standard InChI is InChI=1S/2C11H18.C9H16.5C8H14.3C7H12.C7H14.C6H12.C5H10.C4H8/c1-11-5-8-2-9(6-11)4-10(3-8)7-11;1-7-10-3-8-2-9(5-10)6-11(7)4-8;1-6-3-8-4-9(5-8)7(6)2;1-6-2-7-4-8(3-6)5-7;1-8-4-2-7(6-8)3-5-8;1-6-4-7-2-3-8(6)5-7;1-6-2-3-7-4-8(6)5-7;1-6-7-3-2-4-8(6)5-7;1-5-2-6-3-7(5)4-6;1-7-3-2-6(4-7)5-7;1-5-6-2-3-7(5)4-6;1-7-5-3-2-4-6-7;1-6-4-2-3-5-6;1-5-3-2-4-5;1-4-2-3-4/h8-10H,2-7H2,1H3;7-11H,2-6H2,1H3;6-9H,3-5H2,1-2H3;6-8H,2-5H2,1H3;7H,2-6H2,1H3;3*6-8H,2-5H2,1H3;5-7H,2-4H2,1H3;6H,2-5H2,1H3;5-7H,2-4H2,1H3;7H,2-6H2,1H3;6H,2-5H2,1H3;5H,2-4H2,1H3;4H,2-3H2,1H3/t;;6-,7+,8?,9?;;;;;;;;;;;;/m..1............/s1. The molecule has 26 bridgehead atoms. The van der Waals surface area contributed by atoms with Gasteiger partial charge >= 0.3 is 0 Å². The average Bonchev–Trinajstić information content (AvgIpc) is 1.57. The summed E-state index contributed by atoms with van der Waals surface area (Å²) in [4.78, 5) is 0. The molecule has 9 unspecified atom stereocenters. The molecule has 37 fully saturated rings. The molecule has 37 aliphatic carbocycles. The molecule has 114 heavy (non-hydrogen) atoms. The van der Waals surface area contributed by atoms with Crippen molar-refractivity contribution in [3.8, 4) is 0 Å². The maximum absolute atomic E-state index is 2.54. The Labute approximate surface area is 714 Å². The van der Waals surface area contributed by atoms with Crippen LogP contribution in [0.2, 0.25) is 0 Å². The van der Waals surface area contributed by atoms with Crippen LogP contribution in [0.4, 0.5) is 0 Å². The van der Waals surface area contributed by atoms with Crippen molar-refractivity contribution >= 4 is 0 Å². The van der Waals surface area contributed by atoms with Gasteiger partial charge in [-0.15, -0.1) is 0 Å². The quantitative estimate of drug-likeness (QED) is 0.227. The molecule has 0 N–H and O–H groups in total. The van der Waals surface area contributed by atoms with E-state index in [1.54, 1.807) is 199 Å². The second-order valence-electron chi connectivity index (χ2n) is 52.8. The van der Waals surface area contributed by atoms with Gasteiger partial charge in [-0.3, -0.25) is 0 Å². The van der Waals surface area contributed by atoms with Crippen molar-refractivity contribution in [2.45, 2.75) is 490 Å². The van der Waals surface area contributed by atoms with Crippen LogP contribution < -0.4 is 0 Å². The Balaban J connectivity index is 0.000000102. The van der Waals surface area contributed by atoms with E-state index in [4.69, 9.17) is 0 Å². The average molecular weight is 1570 g/mol. The van der Waals surface area contributed by atoms with Crippen LogP contribution in [0.25, 0.3) is 0 Å². The van der Waals surface area contributed by atoms with E-state index in [1.807, 2.05) is 0 Å². The zero-order chi connectivity index (χ0) is 80.0. The molecule has 0 heteroatoms. The highest BCUT2D eigenvalue weighted by molar-refractivity contribution is 5.02. The Morgan fingerprint density at radius 3 is 0.667 bits per heavy atom. The zero-order valence-electron chi connectivity index (χ0n) is 80.0. The highest BCUT2D eigenvalue weighted by Gasteiger charge is 2.51. The summed E-state index contributed by atoms with van der Waals surface area (Å²) in [6.45, 7) is 38.5. The van der Waals surface area contributed by atoms with E-state index in [0.29, 0.717) is 0 Å². The van der Waals surface area contributed by atoms with E-state index in [0.717, 1.165) is 223 Å². The molecule has 0 spiro atoms. The Morgan fingerprint density at radius 2 is 0.465 bits per heavy atom. The number of rotatable bonds is 0. The largest absolute Gasteiger partial charge is 0.0625 e. The summed E-state index contributed by atoms with van der Waals surface area (Å²) in [5.74, 6) is 40.3. The molecule has 11 atom stereocenters. The van der Waals surface area contributed by atoms with E-state index >= 15 is 0 Å². The molecule has 0 nitrogen and oxygen atoms in total. The van der Waals surface area contributed by atoms with Crippen LogP contribution in [-0.4, -0.2) is 0 Å². The van der Waals surface area contributed by atoms with Crippen LogP contribution in [0.3, 0.4) is 0 Å². The minimum absolute atomic E-state index is 0.800. The molecule has 37 aliphatic rings. The third kappa shape index (κ3) is 25.4. The van der Waals surface area contributed by atoms with Crippen molar-refractivity contribution in [3.63, 3.8) is 0 Å². The van der Waals surface area contributed by atoms with Crippen LogP contribution in [0.15, 0.2) is 0 Å². The van der Waals surface area contributed by atoms with Crippen molar-refractivity contribution in [3.05, 3.63) is 0 Å². The lowest BCUT2D eigenvalue weighted by Gasteiger charge is -2.55. The Hall–Kier alpha value is 0. The highest BCUT2D eigenvalue weighted by atomic mass is 14.6. The van der Waals surface area contributed by atoms with Gasteiger partial charge in [0, 0.05) is 0 Å². The third-order valence-corrected chi connectivity index (χ3v) is 42.3. The topological polar surface area (TPSA) is 0 Å². The van der Waals surface area contributed by atoms with E-state index in [9.17, 15) is 0 Å². The van der Waals surface area contributed by atoms with E-state index < -0.39 is 0 Å². The first-order chi connectivity index (χ1) is 54.7. The summed E-state index contributed by atoms with van der Waals surface area (Å²) < 4.78 is 0. The first-order valence-corrected chi connectivity index (χ1v) is 54.7. The van der Waals surface area contributed by atoms with E-state index in [-0.39, 0.29) is 0 Å². The van der Waals surface area contributed by atoms with Gasteiger partial charge in [-0.25, -0.2) is 0 Å². The summed E-state index contributed by atoms with van der Waals surface area (Å²) in [5, 5.41) is 0. The van der Waals surface area contributed by atoms with Gasteiger partial charge in [-0.1, -0.05) is 239 Å². The van der Waals surface area contributed by atoms with Crippen molar-refractivity contribution < 1.29 is 0 Å². The van der Waals surface area contributed by atoms with E-state index in [2.05, 4.69) is 111 Å². The highest BCUT2D eigenvalue weighted by Crippen LogP contribution is 2.62. The molecule has 658 valence electrons. The maximum atomic E-state index is 2.54. The summed E-state index contributed by atoms with van der Waals surface area (Å²) in [5.41, 5.74) is 2.45. The van der Waals surface area contributed by atoms with Gasteiger partial charge in [0.05, 0.1) is 0 Å². The Bertz CT molecular complexity index is 2570. The SMILES string of the molecule is CC12CC3CC(CC(C3)C1)C2.CC12CCC(C1)C2.CC12CCC(CC1)C2.CC1C2CC3CC(C2)CC1C3.CC1C2CCC1C2.CC1C2CCCC1C2.CC1CC1.CC1CC2CC(C1)C2.CC1CC2CC1C2.CC1CC2CCC1C2.CC1CCC1.CC1CCC2CC1C2.CC1CCCC1.CC1CCCCC1.C[C@@H]1CC2CC(C2)[C@H]1C. The van der Waals surface area contributed by atoms with Gasteiger partial charge in [0.25, 0.3) is 0 Å². The number of hydrogen-bond donors (Lipinski definition) is 0. The zero-order valence-corrected chi connectivity index (χ0v) is 80.0. The minimum Gasteiger partial charge on any atom is -0.0625 e. The molecule has 0 heterocycles. The lowest BCUT2D eigenvalue weighted by atomic mass is 9.50. The molecule has 37 saturated carbocycles. The molecule has 0 aromatic carbocycles. The summed E-state index contributed by atoms with van der Waals surface area (Å²) in [6, 6.07) is 0. The normalized spacial score (nSPS) is 50.1. The molecule has 0 radical (unpaired) electrons. The lowest BCUT2D eigenvalue weighted by molar-refractivity contribution is -0.0411. The fourth-order valence-electron chi connectivity index (χ4n) is 33.4. The molecule has 0 aliphatic heterocycles. The molecule has 0 aromatic heterocycles. The van der Waals surface area contributed by atoms with Crippen molar-refractivity contribution in [1.82, 2.24) is 0 Å². The van der Waals surface area contributed by atoms with E-state index in [1.165, 1.54) is 186 Å². The maximum Gasteiger partial charge on any atom is -0.0318 e. The van der Waals surface area contributed by atoms with Crippen LogP contribution >= 0.6 is 0 Å². The molecule has 0 aromatic rings. The summed E-state index contributed by atoms with van der Waals surface area (Å²) in [6.07, 6.45) is 90.9. The Kier molecular flexibility index (Phi) is 32.8. The monoisotopic (exact) mass is 1570 g/mol. The van der Waals surface area contributed by atoms with Gasteiger partial charge in [0.1, 0.15) is 0 Å². The van der Waals surface area contributed by atoms with Gasteiger partial charge < -0.3 is 0 Å².